The van der Waals surface area contributed by atoms with E-state index in [0.29, 0.717) is 9.72 Å². The van der Waals surface area contributed by atoms with Gasteiger partial charge in [0.25, 0.3) is 5.56 Å². The Morgan fingerprint density at radius 2 is 1.81 bits per heavy atom. The molecule has 26 heavy (non-hydrogen) atoms. The summed E-state index contributed by atoms with van der Waals surface area (Å²) in [6.45, 7) is 2.08. The summed E-state index contributed by atoms with van der Waals surface area (Å²) in [6.07, 6.45) is 5.81. The van der Waals surface area contributed by atoms with Gasteiger partial charge in [-0.1, -0.05) is 11.6 Å². The van der Waals surface area contributed by atoms with Crippen LogP contribution in [0.1, 0.15) is 12.8 Å². The third-order valence-electron chi connectivity index (χ3n) is 4.81. The summed E-state index contributed by atoms with van der Waals surface area (Å²) in [5.74, 6) is 0. The first kappa shape index (κ1) is 15.8. The molecule has 7 heteroatoms. The molecule has 5 nitrogen and oxygen atoms in total. The fourth-order valence-corrected chi connectivity index (χ4v) is 4.72. The number of anilines is 1. The van der Waals surface area contributed by atoms with Crippen LogP contribution in [0.5, 0.6) is 0 Å². The van der Waals surface area contributed by atoms with E-state index in [0.717, 1.165) is 40.2 Å². The Kier molecular flexibility index (Phi) is 3.69. The van der Waals surface area contributed by atoms with Gasteiger partial charge in [-0.2, -0.15) is 0 Å². The molecule has 5 rings (SSSR count). The molecule has 0 saturated carbocycles. The van der Waals surface area contributed by atoms with Crippen LogP contribution in [-0.2, 0) is 0 Å². The van der Waals surface area contributed by atoms with Crippen LogP contribution in [0.15, 0.2) is 47.7 Å². The third-order valence-corrected chi connectivity index (χ3v) is 6.14. The topological polar surface area (TPSA) is 51.0 Å². The number of nitrogens with zero attached hydrogens (tertiary/aromatic N) is 4. The minimum atomic E-state index is -0.0762. The monoisotopic (exact) mass is 382 g/mol. The average Bonchev–Trinajstić information content (AvgIpc) is 3.31. The quantitative estimate of drug-likeness (QED) is 0.520. The summed E-state index contributed by atoms with van der Waals surface area (Å²) >= 11 is 7.37. The zero-order chi connectivity index (χ0) is 17.7. The van der Waals surface area contributed by atoms with E-state index in [9.17, 15) is 4.79 Å². The second-order valence-electron chi connectivity index (χ2n) is 6.38. The number of rotatable bonds is 2. The molecule has 0 aliphatic carbocycles. The highest BCUT2D eigenvalue weighted by Crippen LogP contribution is 2.37. The molecule has 0 radical (unpaired) electrons. The van der Waals surface area contributed by atoms with Crippen LogP contribution in [0.3, 0.4) is 0 Å². The second-order valence-corrected chi connectivity index (χ2v) is 7.82. The Morgan fingerprint density at radius 1 is 1.04 bits per heavy atom. The van der Waals surface area contributed by atoms with Crippen molar-refractivity contribution in [2.24, 2.45) is 0 Å². The van der Waals surface area contributed by atoms with E-state index < -0.39 is 0 Å². The number of pyridine rings is 1. The highest BCUT2D eigenvalue weighted by Gasteiger charge is 2.20. The fourth-order valence-electron chi connectivity index (χ4n) is 3.54. The van der Waals surface area contributed by atoms with Gasteiger partial charge in [-0.05, 0) is 43.2 Å². The summed E-state index contributed by atoms with van der Waals surface area (Å²) in [6, 6.07) is 9.21. The van der Waals surface area contributed by atoms with E-state index in [1.54, 1.807) is 23.0 Å². The molecule has 0 bridgehead atoms. The lowest BCUT2D eigenvalue weighted by molar-refractivity contribution is 0.949. The number of hydrogen-bond acceptors (Lipinski definition) is 5. The first-order chi connectivity index (χ1) is 12.7. The van der Waals surface area contributed by atoms with Gasteiger partial charge < -0.3 is 4.90 Å². The predicted molar refractivity (Wildman–Crippen MR) is 107 cm³/mol. The van der Waals surface area contributed by atoms with Gasteiger partial charge in [0.1, 0.15) is 21.4 Å². The van der Waals surface area contributed by atoms with E-state index in [2.05, 4.69) is 14.9 Å². The number of halogens is 1. The van der Waals surface area contributed by atoms with Crippen LogP contribution >= 0.6 is 22.9 Å². The normalized spacial score (nSPS) is 14.6. The Balaban J connectivity index is 1.76. The van der Waals surface area contributed by atoms with Crippen molar-refractivity contribution in [2.75, 3.05) is 18.0 Å². The average molecular weight is 383 g/mol. The minimum absolute atomic E-state index is 0.0762. The summed E-state index contributed by atoms with van der Waals surface area (Å²) in [5.41, 5.74) is 2.55. The summed E-state index contributed by atoms with van der Waals surface area (Å²) < 4.78 is 2.19. The molecule has 0 amide bonds. The fraction of sp³-hybridized carbons (Fsp3) is 0.211. The van der Waals surface area contributed by atoms with Gasteiger partial charge in [-0.25, -0.2) is 9.97 Å². The molecule has 0 atom stereocenters. The lowest BCUT2D eigenvalue weighted by atomic mass is 10.2. The van der Waals surface area contributed by atoms with Crippen LogP contribution in [0.2, 0.25) is 5.02 Å². The van der Waals surface area contributed by atoms with E-state index in [-0.39, 0.29) is 5.56 Å². The van der Waals surface area contributed by atoms with E-state index in [1.165, 1.54) is 24.2 Å². The minimum Gasteiger partial charge on any atom is -0.371 e. The van der Waals surface area contributed by atoms with Crippen molar-refractivity contribution in [2.45, 2.75) is 12.8 Å². The highest BCUT2D eigenvalue weighted by atomic mass is 35.5. The second kappa shape index (κ2) is 6.07. The van der Waals surface area contributed by atoms with Crippen molar-refractivity contribution in [3.8, 4) is 5.69 Å². The highest BCUT2D eigenvalue weighted by molar-refractivity contribution is 7.25. The largest absolute Gasteiger partial charge is 0.371 e. The number of fused-ring (bicyclic) bond motifs is 3. The van der Waals surface area contributed by atoms with Crippen molar-refractivity contribution < 1.29 is 0 Å². The van der Waals surface area contributed by atoms with Gasteiger partial charge >= 0.3 is 0 Å². The zero-order valence-corrected chi connectivity index (χ0v) is 15.4. The first-order valence-electron chi connectivity index (χ1n) is 8.52. The van der Waals surface area contributed by atoms with Gasteiger partial charge in [0, 0.05) is 24.3 Å². The van der Waals surface area contributed by atoms with Crippen molar-refractivity contribution in [3.05, 3.63) is 58.2 Å². The molecule has 1 fully saturated rings. The first-order valence-corrected chi connectivity index (χ1v) is 9.71. The van der Waals surface area contributed by atoms with Crippen LogP contribution in [-0.4, -0.2) is 27.6 Å². The summed E-state index contributed by atoms with van der Waals surface area (Å²) in [7, 11) is 0. The molecular weight excluding hydrogens is 368 g/mol. The standard InChI is InChI=1S/C19H15ClN4OS/c20-12-3-5-13(6-4-12)24-11-22-16-15-14(23-9-1-2-10-23)7-8-21-18(15)26-17(16)19(24)25/h3-8,11H,1-2,9-10H2. The molecule has 130 valence electrons. The Bertz CT molecular complexity index is 1180. The molecule has 0 unspecified atom stereocenters. The van der Waals surface area contributed by atoms with Crippen molar-refractivity contribution in [1.29, 1.82) is 0 Å². The zero-order valence-electron chi connectivity index (χ0n) is 13.9. The Labute approximate surface area is 158 Å². The van der Waals surface area contributed by atoms with Gasteiger partial charge in [-0.15, -0.1) is 11.3 Å². The van der Waals surface area contributed by atoms with Crippen LogP contribution in [0.4, 0.5) is 5.69 Å². The smallest absolute Gasteiger partial charge is 0.275 e. The molecule has 3 aromatic heterocycles. The van der Waals surface area contributed by atoms with Gasteiger partial charge in [0.2, 0.25) is 0 Å². The van der Waals surface area contributed by atoms with Crippen LogP contribution < -0.4 is 10.5 Å². The van der Waals surface area contributed by atoms with Gasteiger partial charge in [-0.3, -0.25) is 9.36 Å². The van der Waals surface area contributed by atoms with Crippen molar-refractivity contribution >= 4 is 49.1 Å². The van der Waals surface area contributed by atoms with Crippen molar-refractivity contribution in [3.63, 3.8) is 0 Å². The molecule has 0 N–H and O–H groups in total. The van der Waals surface area contributed by atoms with Crippen LogP contribution in [0, 0.1) is 0 Å². The van der Waals surface area contributed by atoms with Gasteiger partial charge in [0.15, 0.2) is 0 Å². The number of aromatic nitrogens is 3. The SMILES string of the molecule is O=c1c2sc3nccc(N4CCCC4)c3c2ncn1-c1ccc(Cl)cc1. The van der Waals surface area contributed by atoms with E-state index >= 15 is 0 Å². The summed E-state index contributed by atoms with van der Waals surface area (Å²) in [4.78, 5) is 25.4. The maximum Gasteiger partial charge on any atom is 0.275 e. The lowest BCUT2D eigenvalue weighted by Crippen LogP contribution is -2.19. The molecular formula is C19H15ClN4OS. The van der Waals surface area contributed by atoms with Crippen molar-refractivity contribution in [1.82, 2.24) is 14.5 Å². The Hall–Kier alpha value is -2.44. The third kappa shape index (κ3) is 2.40. The molecule has 1 aromatic carbocycles. The van der Waals surface area contributed by atoms with Gasteiger partial charge in [0.05, 0.1) is 16.8 Å². The lowest BCUT2D eigenvalue weighted by Gasteiger charge is -2.18. The van der Waals surface area contributed by atoms with E-state index in [4.69, 9.17) is 11.6 Å². The number of benzene rings is 1. The van der Waals surface area contributed by atoms with Crippen LogP contribution in [0.25, 0.3) is 26.1 Å². The molecule has 1 aliphatic rings. The number of thiophene rings is 1. The predicted octanol–water partition coefficient (Wildman–Crippen LogP) is 4.25. The summed E-state index contributed by atoms with van der Waals surface area (Å²) in [5, 5.41) is 1.63. The molecule has 4 heterocycles. The van der Waals surface area contributed by atoms with E-state index in [1.807, 2.05) is 24.4 Å². The maximum absolute atomic E-state index is 13.1. The Morgan fingerprint density at radius 3 is 2.58 bits per heavy atom. The molecule has 0 spiro atoms. The molecule has 1 saturated heterocycles. The molecule has 4 aromatic rings. The maximum atomic E-state index is 13.1. The molecule has 1 aliphatic heterocycles. The number of hydrogen-bond donors (Lipinski definition) is 0.